The molecular weight excluding hydrogens is 368 g/mol. The zero-order valence-corrected chi connectivity index (χ0v) is 17.4. The molecule has 148 valence electrons. The van der Waals surface area contributed by atoms with E-state index in [1.54, 1.807) is 18.0 Å². The number of nitrogens with zero attached hydrogens (tertiary/aromatic N) is 3. The highest BCUT2D eigenvalue weighted by Gasteiger charge is 2.18. The number of thioether (sulfide) groups is 1. The second-order valence-corrected chi connectivity index (χ2v) is 7.98. The molecule has 1 aliphatic heterocycles. The molecule has 0 aliphatic carbocycles. The molecule has 1 heterocycles. The summed E-state index contributed by atoms with van der Waals surface area (Å²) in [5.74, 6) is -0.0658. The standard InChI is InChI=1S/C22H28N4OS/c1-18-3-5-20(6-4-18)16-25-11-13-26(14-12-25)17-22(27)24-23-15-19-7-9-21(28-2)10-8-19/h3-10,15H,11-14,16-17H2,1-2H3,(H,24,27). The average molecular weight is 397 g/mol. The summed E-state index contributed by atoms with van der Waals surface area (Å²) >= 11 is 1.70. The molecule has 0 atom stereocenters. The van der Waals surface area contributed by atoms with E-state index in [0.29, 0.717) is 6.54 Å². The first kappa shape index (κ1) is 20.6. The minimum atomic E-state index is -0.0658. The molecule has 28 heavy (non-hydrogen) atoms. The molecule has 2 aromatic rings. The van der Waals surface area contributed by atoms with Crippen molar-refractivity contribution in [2.45, 2.75) is 18.4 Å². The Bertz CT molecular complexity index is 781. The average Bonchev–Trinajstić information content (AvgIpc) is 2.72. The molecule has 0 spiro atoms. The summed E-state index contributed by atoms with van der Waals surface area (Å²) in [7, 11) is 0. The van der Waals surface area contributed by atoms with Gasteiger partial charge in [-0.15, -0.1) is 11.8 Å². The number of hydrogen-bond donors (Lipinski definition) is 1. The van der Waals surface area contributed by atoms with Gasteiger partial charge < -0.3 is 0 Å². The van der Waals surface area contributed by atoms with Crippen LogP contribution < -0.4 is 5.43 Å². The fourth-order valence-electron chi connectivity index (χ4n) is 3.16. The largest absolute Gasteiger partial charge is 0.297 e. The highest BCUT2D eigenvalue weighted by Crippen LogP contribution is 2.14. The molecule has 0 bridgehead atoms. The normalized spacial score (nSPS) is 15.8. The molecule has 1 N–H and O–H groups in total. The fourth-order valence-corrected chi connectivity index (χ4v) is 3.57. The lowest BCUT2D eigenvalue weighted by Crippen LogP contribution is -2.48. The van der Waals surface area contributed by atoms with E-state index in [1.165, 1.54) is 16.0 Å². The monoisotopic (exact) mass is 396 g/mol. The first-order valence-electron chi connectivity index (χ1n) is 9.58. The van der Waals surface area contributed by atoms with E-state index in [4.69, 9.17) is 0 Å². The predicted molar refractivity (Wildman–Crippen MR) is 117 cm³/mol. The minimum Gasteiger partial charge on any atom is -0.297 e. The number of amides is 1. The Kier molecular flexibility index (Phi) is 7.65. The van der Waals surface area contributed by atoms with Gasteiger partial charge in [0.1, 0.15) is 0 Å². The Morgan fingerprint density at radius 2 is 1.68 bits per heavy atom. The lowest BCUT2D eigenvalue weighted by Gasteiger charge is -2.34. The quantitative estimate of drug-likeness (QED) is 0.444. The molecular formula is C22H28N4OS. The van der Waals surface area contributed by atoms with Crippen molar-refractivity contribution in [1.82, 2.24) is 15.2 Å². The van der Waals surface area contributed by atoms with Gasteiger partial charge in [0, 0.05) is 37.6 Å². The molecule has 3 rings (SSSR count). The summed E-state index contributed by atoms with van der Waals surface area (Å²) in [5.41, 5.74) is 6.24. The first-order chi connectivity index (χ1) is 13.6. The summed E-state index contributed by atoms with van der Waals surface area (Å²) in [5, 5.41) is 4.07. The number of hydrogen-bond acceptors (Lipinski definition) is 5. The van der Waals surface area contributed by atoms with E-state index in [0.717, 1.165) is 38.3 Å². The second kappa shape index (κ2) is 10.4. The lowest BCUT2D eigenvalue weighted by molar-refractivity contribution is -0.122. The zero-order chi connectivity index (χ0) is 19.8. The number of nitrogens with one attached hydrogen (secondary N) is 1. The number of rotatable bonds is 7. The van der Waals surface area contributed by atoms with Gasteiger partial charge >= 0.3 is 0 Å². The van der Waals surface area contributed by atoms with Crippen LogP contribution in [0.2, 0.25) is 0 Å². The zero-order valence-electron chi connectivity index (χ0n) is 16.6. The maximum atomic E-state index is 12.1. The SMILES string of the molecule is CSc1ccc(C=NNC(=O)CN2CCN(Cc3ccc(C)cc3)CC2)cc1. The van der Waals surface area contributed by atoms with Crippen LogP contribution in [0.25, 0.3) is 0 Å². The molecule has 0 unspecified atom stereocenters. The fraction of sp³-hybridized carbons (Fsp3) is 0.364. The van der Waals surface area contributed by atoms with Crippen LogP contribution in [-0.4, -0.2) is 60.9 Å². The van der Waals surface area contributed by atoms with Crippen LogP contribution in [0, 0.1) is 6.92 Å². The van der Waals surface area contributed by atoms with Crippen LogP contribution in [-0.2, 0) is 11.3 Å². The van der Waals surface area contributed by atoms with E-state index < -0.39 is 0 Å². The molecule has 0 radical (unpaired) electrons. The van der Waals surface area contributed by atoms with Crippen molar-refractivity contribution in [2.24, 2.45) is 5.10 Å². The Morgan fingerprint density at radius 3 is 2.32 bits per heavy atom. The van der Waals surface area contributed by atoms with E-state index >= 15 is 0 Å². The number of carbonyl (C=O) groups excluding carboxylic acids is 1. The Labute approximate surface area is 171 Å². The van der Waals surface area contributed by atoms with Crippen LogP contribution in [0.4, 0.5) is 0 Å². The van der Waals surface area contributed by atoms with Gasteiger partial charge in [0.25, 0.3) is 5.91 Å². The number of carbonyl (C=O) groups is 1. The smallest absolute Gasteiger partial charge is 0.254 e. The molecule has 1 aliphatic rings. The topological polar surface area (TPSA) is 47.9 Å². The molecule has 2 aromatic carbocycles. The van der Waals surface area contributed by atoms with Crippen molar-refractivity contribution >= 4 is 23.9 Å². The molecule has 0 aromatic heterocycles. The van der Waals surface area contributed by atoms with Crippen LogP contribution in [0.5, 0.6) is 0 Å². The van der Waals surface area contributed by atoms with Gasteiger partial charge in [0.2, 0.25) is 0 Å². The number of benzene rings is 2. The summed E-state index contributed by atoms with van der Waals surface area (Å²) < 4.78 is 0. The van der Waals surface area contributed by atoms with Crippen molar-refractivity contribution in [1.29, 1.82) is 0 Å². The summed E-state index contributed by atoms with van der Waals surface area (Å²) in [6.45, 7) is 7.23. The van der Waals surface area contributed by atoms with Crippen molar-refractivity contribution in [3.63, 3.8) is 0 Å². The van der Waals surface area contributed by atoms with Crippen LogP contribution in [0.15, 0.2) is 58.5 Å². The molecule has 5 nitrogen and oxygen atoms in total. The molecule has 6 heteroatoms. The van der Waals surface area contributed by atoms with Crippen molar-refractivity contribution in [2.75, 3.05) is 39.0 Å². The Morgan fingerprint density at radius 1 is 1.04 bits per heavy atom. The van der Waals surface area contributed by atoms with Crippen LogP contribution in [0.3, 0.4) is 0 Å². The number of piperazine rings is 1. The Balaban J connectivity index is 1.37. The van der Waals surface area contributed by atoms with Gasteiger partial charge in [-0.2, -0.15) is 5.10 Å². The Hall–Kier alpha value is -2.15. The third kappa shape index (κ3) is 6.48. The van der Waals surface area contributed by atoms with Crippen LogP contribution in [0.1, 0.15) is 16.7 Å². The van der Waals surface area contributed by atoms with Gasteiger partial charge in [0.05, 0.1) is 12.8 Å². The van der Waals surface area contributed by atoms with E-state index in [-0.39, 0.29) is 5.91 Å². The van der Waals surface area contributed by atoms with E-state index in [9.17, 15) is 4.79 Å². The third-order valence-electron chi connectivity index (χ3n) is 4.88. The minimum absolute atomic E-state index is 0.0658. The summed E-state index contributed by atoms with van der Waals surface area (Å²) in [4.78, 5) is 18.0. The molecule has 1 amide bonds. The predicted octanol–water partition coefficient (Wildman–Crippen LogP) is 2.98. The van der Waals surface area contributed by atoms with Gasteiger partial charge in [-0.25, -0.2) is 5.43 Å². The second-order valence-electron chi connectivity index (χ2n) is 7.10. The first-order valence-corrected chi connectivity index (χ1v) is 10.8. The maximum Gasteiger partial charge on any atom is 0.254 e. The summed E-state index contributed by atoms with van der Waals surface area (Å²) in [6.07, 6.45) is 3.73. The number of hydrazone groups is 1. The highest BCUT2D eigenvalue weighted by atomic mass is 32.2. The van der Waals surface area contributed by atoms with Crippen molar-refractivity contribution < 1.29 is 4.79 Å². The van der Waals surface area contributed by atoms with Gasteiger partial charge in [0.15, 0.2) is 0 Å². The van der Waals surface area contributed by atoms with E-state index in [1.807, 2.05) is 30.5 Å². The third-order valence-corrected chi connectivity index (χ3v) is 5.62. The lowest BCUT2D eigenvalue weighted by atomic mass is 10.1. The van der Waals surface area contributed by atoms with Gasteiger partial charge in [-0.3, -0.25) is 14.6 Å². The van der Waals surface area contributed by atoms with Gasteiger partial charge in [-0.1, -0.05) is 42.0 Å². The number of aryl methyl sites for hydroxylation is 1. The molecule has 0 saturated carbocycles. The van der Waals surface area contributed by atoms with Crippen molar-refractivity contribution in [3.05, 3.63) is 65.2 Å². The molecule has 1 fully saturated rings. The summed E-state index contributed by atoms with van der Waals surface area (Å²) in [6, 6.07) is 16.8. The van der Waals surface area contributed by atoms with E-state index in [2.05, 4.69) is 51.5 Å². The highest BCUT2D eigenvalue weighted by molar-refractivity contribution is 7.98. The van der Waals surface area contributed by atoms with Crippen molar-refractivity contribution in [3.8, 4) is 0 Å². The molecule has 1 saturated heterocycles. The van der Waals surface area contributed by atoms with Crippen LogP contribution >= 0.6 is 11.8 Å². The van der Waals surface area contributed by atoms with Gasteiger partial charge in [-0.05, 0) is 36.4 Å². The maximum absolute atomic E-state index is 12.1.